The topological polar surface area (TPSA) is 66.5 Å². The van der Waals surface area contributed by atoms with E-state index in [1.165, 1.54) is 11.3 Å². The molecule has 2 aliphatic rings. The molecule has 184 valence electrons. The third-order valence-electron chi connectivity index (χ3n) is 6.50. The number of rotatable bonds is 9. The molecule has 0 spiro atoms. The third-order valence-corrected chi connectivity index (χ3v) is 6.50. The zero-order chi connectivity index (χ0) is 23.8. The predicted octanol–water partition coefficient (Wildman–Crippen LogP) is 2.69. The number of morpholine rings is 1. The Morgan fingerprint density at radius 2 is 1.56 bits per heavy atom. The van der Waals surface area contributed by atoms with Crippen LogP contribution in [-0.4, -0.2) is 89.0 Å². The summed E-state index contributed by atoms with van der Waals surface area (Å²) in [4.78, 5) is 19.6. The number of nitrogens with one attached hydrogen (secondary N) is 1. The van der Waals surface area contributed by atoms with Crippen LogP contribution in [0.4, 0.5) is 11.4 Å². The maximum atomic E-state index is 12.5. The van der Waals surface area contributed by atoms with E-state index in [0.29, 0.717) is 6.42 Å². The summed E-state index contributed by atoms with van der Waals surface area (Å²) >= 11 is 0. The average Bonchev–Trinajstić information content (AvgIpc) is 2.89. The third kappa shape index (κ3) is 6.62. The molecule has 34 heavy (non-hydrogen) atoms. The van der Waals surface area contributed by atoms with E-state index in [9.17, 15) is 4.79 Å². The standard InChI is InChI=1S/C26H36N4O4/c1-32-24-8-3-21(19-25(24)33-2)20-29-13-11-28(12-14-29)10-9-26(31)27-22-4-6-23(7-5-22)30-15-17-34-18-16-30/h3-8,19H,9-18,20H2,1-2H3,(H,27,31). The molecule has 1 amide bonds. The summed E-state index contributed by atoms with van der Waals surface area (Å²) in [6.45, 7) is 8.92. The van der Waals surface area contributed by atoms with Gasteiger partial charge in [0.15, 0.2) is 11.5 Å². The zero-order valence-electron chi connectivity index (χ0n) is 20.3. The minimum absolute atomic E-state index is 0.0619. The lowest BCUT2D eigenvalue weighted by atomic mass is 10.1. The number of hydrogen-bond donors (Lipinski definition) is 1. The van der Waals surface area contributed by atoms with E-state index >= 15 is 0 Å². The molecule has 0 aromatic heterocycles. The highest BCUT2D eigenvalue weighted by Crippen LogP contribution is 2.28. The van der Waals surface area contributed by atoms with Crippen LogP contribution in [0.3, 0.4) is 0 Å². The fraction of sp³-hybridized carbons (Fsp3) is 0.500. The van der Waals surface area contributed by atoms with Gasteiger partial charge in [0, 0.05) is 70.2 Å². The molecule has 0 aliphatic carbocycles. The fourth-order valence-electron chi connectivity index (χ4n) is 4.47. The lowest BCUT2D eigenvalue weighted by Gasteiger charge is -2.34. The largest absolute Gasteiger partial charge is 0.493 e. The number of benzene rings is 2. The molecule has 0 unspecified atom stereocenters. The Hall–Kier alpha value is -2.81. The van der Waals surface area contributed by atoms with Gasteiger partial charge < -0.3 is 29.3 Å². The van der Waals surface area contributed by atoms with E-state index < -0.39 is 0 Å². The molecule has 2 saturated heterocycles. The molecule has 2 heterocycles. The Morgan fingerprint density at radius 1 is 0.882 bits per heavy atom. The maximum absolute atomic E-state index is 12.5. The van der Waals surface area contributed by atoms with Gasteiger partial charge in [-0.05, 0) is 42.0 Å². The quantitative estimate of drug-likeness (QED) is 0.607. The van der Waals surface area contributed by atoms with Crippen LogP contribution >= 0.6 is 0 Å². The molecule has 8 heteroatoms. The summed E-state index contributed by atoms with van der Waals surface area (Å²) in [6.07, 6.45) is 0.501. The van der Waals surface area contributed by atoms with Gasteiger partial charge in [0.25, 0.3) is 0 Å². The van der Waals surface area contributed by atoms with Gasteiger partial charge in [0.2, 0.25) is 5.91 Å². The molecule has 0 saturated carbocycles. The fourth-order valence-corrected chi connectivity index (χ4v) is 4.47. The summed E-state index contributed by atoms with van der Waals surface area (Å²) in [5.74, 6) is 1.58. The molecular formula is C26H36N4O4. The summed E-state index contributed by atoms with van der Waals surface area (Å²) in [5, 5.41) is 3.03. The molecule has 2 aliphatic heterocycles. The van der Waals surface area contributed by atoms with Gasteiger partial charge in [-0.25, -0.2) is 0 Å². The van der Waals surface area contributed by atoms with Gasteiger partial charge >= 0.3 is 0 Å². The molecule has 8 nitrogen and oxygen atoms in total. The van der Waals surface area contributed by atoms with Crippen LogP contribution in [0.2, 0.25) is 0 Å². The minimum atomic E-state index is 0.0619. The van der Waals surface area contributed by atoms with E-state index in [0.717, 1.165) is 82.8 Å². The number of methoxy groups -OCH3 is 2. The average molecular weight is 469 g/mol. The first kappa shape index (κ1) is 24.3. The van der Waals surface area contributed by atoms with Crippen LogP contribution in [-0.2, 0) is 16.1 Å². The Labute approximate surface area is 202 Å². The summed E-state index contributed by atoms with van der Waals surface area (Å²) in [6, 6.07) is 14.2. The number of carbonyl (C=O) groups excluding carboxylic acids is 1. The van der Waals surface area contributed by atoms with Crippen LogP contribution < -0.4 is 19.7 Å². The van der Waals surface area contributed by atoms with E-state index in [2.05, 4.69) is 38.2 Å². The van der Waals surface area contributed by atoms with E-state index in [1.54, 1.807) is 14.2 Å². The first-order valence-electron chi connectivity index (χ1n) is 12.0. The number of piperazine rings is 1. The van der Waals surface area contributed by atoms with Gasteiger partial charge in [0.1, 0.15) is 0 Å². The van der Waals surface area contributed by atoms with E-state index in [-0.39, 0.29) is 5.91 Å². The van der Waals surface area contributed by atoms with Crippen molar-refractivity contribution in [1.29, 1.82) is 0 Å². The highest BCUT2D eigenvalue weighted by atomic mass is 16.5. The number of anilines is 2. The SMILES string of the molecule is COc1ccc(CN2CCN(CCC(=O)Nc3ccc(N4CCOCC4)cc3)CC2)cc1OC. The Balaban J connectivity index is 1.16. The second-order valence-corrected chi connectivity index (χ2v) is 8.75. The normalized spacial score (nSPS) is 17.4. The van der Waals surface area contributed by atoms with Crippen LogP contribution in [0.5, 0.6) is 11.5 Å². The predicted molar refractivity (Wildman–Crippen MR) is 134 cm³/mol. The van der Waals surface area contributed by atoms with Crippen molar-refractivity contribution < 1.29 is 19.0 Å². The van der Waals surface area contributed by atoms with Crippen LogP contribution in [0.1, 0.15) is 12.0 Å². The number of nitrogens with zero attached hydrogens (tertiary/aromatic N) is 3. The molecule has 2 aromatic rings. The molecule has 0 bridgehead atoms. The monoisotopic (exact) mass is 468 g/mol. The van der Waals surface area contributed by atoms with Crippen LogP contribution in [0.25, 0.3) is 0 Å². The zero-order valence-corrected chi connectivity index (χ0v) is 20.3. The number of ether oxygens (including phenoxy) is 3. The van der Waals surface area contributed by atoms with Gasteiger partial charge in [-0.15, -0.1) is 0 Å². The Bertz CT molecular complexity index is 923. The molecular weight excluding hydrogens is 432 g/mol. The lowest BCUT2D eigenvalue weighted by molar-refractivity contribution is -0.116. The Morgan fingerprint density at radius 3 is 2.24 bits per heavy atom. The highest BCUT2D eigenvalue weighted by molar-refractivity contribution is 5.91. The second-order valence-electron chi connectivity index (χ2n) is 8.75. The molecule has 4 rings (SSSR count). The van der Waals surface area contributed by atoms with Crippen molar-refractivity contribution in [2.24, 2.45) is 0 Å². The number of amides is 1. The summed E-state index contributed by atoms with van der Waals surface area (Å²) in [7, 11) is 3.32. The van der Waals surface area contributed by atoms with Crippen molar-refractivity contribution in [3.8, 4) is 11.5 Å². The maximum Gasteiger partial charge on any atom is 0.225 e. The molecule has 0 radical (unpaired) electrons. The van der Waals surface area contributed by atoms with Gasteiger partial charge in [-0.3, -0.25) is 9.69 Å². The van der Waals surface area contributed by atoms with Crippen molar-refractivity contribution in [3.63, 3.8) is 0 Å². The smallest absolute Gasteiger partial charge is 0.225 e. The summed E-state index contributed by atoms with van der Waals surface area (Å²) < 4.78 is 16.2. The second kappa shape index (κ2) is 12.1. The first-order valence-corrected chi connectivity index (χ1v) is 12.0. The first-order chi connectivity index (χ1) is 16.6. The molecule has 1 N–H and O–H groups in total. The lowest BCUT2D eigenvalue weighted by Crippen LogP contribution is -2.46. The number of carbonyl (C=O) groups is 1. The van der Waals surface area contributed by atoms with Gasteiger partial charge in [-0.2, -0.15) is 0 Å². The molecule has 0 atom stereocenters. The van der Waals surface area contributed by atoms with Crippen LogP contribution in [0, 0.1) is 0 Å². The van der Waals surface area contributed by atoms with Crippen molar-refractivity contribution in [1.82, 2.24) is 9.80 Å². The van der Waals surface area contributed by atoms with Crippen molar-refractivity contribution in [3.05, 3.63) is 48.0 Å². The summed E-state index contributed by atoms with van der Waals surface area (Å²) in [5.41, 5.74) is 3.24. The van der Waals surface area contributed by atoms with E-state index in [4.69, 9.17) is 14.2 Å². The number of hydrogen-bond acceptors (Lipinski definition) is 7. The highest BCUT2D eigenvalue weighted by Gasteiger charge is 2.18. The van der Waals surface area contributed by atoms with Gasteiger partial charge in [-0.1, -0.05) is 6.07 Å². The molecule has 2 aromatic carbocycles. The van der Waals surface area contributed by atoms with Gasteiger partial charge in [0.05, 0.1) is 27.4 Å². The molecule has 2 fully saturated rings. The van der Waals surface area contributed by atoms with Crippen molar-refractivity contribution in [2.45, 2.75) is 13.0 Å². The van der Waals surface area contributed by atoms with Crippen LogP contribution in [0.15, 0.2) is 42.5 Å². The van der Waals surface area contributed by atoms with E-state index in [1.807, 2.05) is 24.3 Å². The minimum Gasteiger partial charge on any atom is -0.493 e. The van der Waals surface area contributed by atoms with Crippen molar-refractivity contribution >= 4 is 17.3 Å². The van der Waals surface area contributed by atoms with Crippen molar-refractivity contribution in [2.75, 3.05) is 83.5 Å². The Kier molecular flexibility index (Phi) is 8.62.